The van der Waals surface area contributed by atoms with E-state index in [1.165, 1.54) is 12.1 Å². The molecule has 5 heteroatoms. The summed E-state index contributed by atoms with van der Waals surface area (Å²) < 4.78 is 19.0. The van der Waals surface area contributed by atoms with Crippen molar-refractivity contribution >= 4 is 0 Å². The van der Waals surface area contributed by atoms with E-state index in [1.54, 1.807) is 18.3 Å². The van der Waals surface area contributed by atoms with Gasteiger partial charge in [-0.2, -0.15) is 5.10 Å². The first-order valence-electron chi connectivity index (χ1n) is 9.42. The molecule has 1 unspecified atom stereocenters. The van der Waals surface area contributed by atoms with Crippen LogP contribution < -0.4 is 4.74 Å². The molecule has 0 aliphatic heterocycles. The molecule has 2 N–H and O–H groups in total. The molecule has 1 heterocycles. The summed E-state index contributed by atoms with van der Waals surface area (Å²) in [4.78, 5) is 0. The van der Waals surface area contributed by atoms with Crippen LogP contribution in [0.5, 0.6) is 5.75 Å². The Kier molecular flexibility index (Phi) is 5.68. The number of hydrogen-bond acceptors (Lipinski definition) is 3. The molecule has 0 fully saturated rings. The van der Waals surface area contributed by atoms with Gasteiger partial charge in [0.25, 0.3) is 0 Å². The minimum Gasteiger partial charge on any atom is -0.489 e. The second-order valence-corrected chi connectivity index (χ2v) is 6.85. The molecule has 0 aliphatic rings. The van der Waals surface area contributed by atoms with Gasteiger partial charge in [-0.05, 0) is 47.5 Å². The monoisotopic (exact) mass is 388 g/mol. The van der Waals surface area contributed by atoms with Gasteiger partial charge in [0.1, 0.15) is 18.2 Å². The summed E-state index contributed by atoms with van der Waals surface area (Å²) in [5.41, 5.74) is 4.25. The van der Waals surface area contributed by atoms with Crippen LogP contribution >= 0.6 is 0 Å². The average molecular weight is 388 g/mol. The molecule has 0 saturated carbocycles. The van der Waals surface area contributed by atoms with E-state index in [1.807, 2.05) is 54.6 Å². The molecule has 29 heavy (non-hydrogen) atoms. The fourth-order valence-corrected chi connectivity index (χ4v) is 3.19. The van der Waals surface area contributed by atoms with E-state index in [0.717, 1.165) is 22.4 Å². The third kappa shape index (κ3) is 4.70. The van der Waals surface area contributed by atoms with Crippen LogP contribution in [0.25, 0.3) is 11.3 Å². The number of nitrogens with one attached hydrogen (secondary N) is 1. The number of nitrogens with zero attached hydrogens (tertiary/aromatic N) is 1. The molecule has 146 valence electrons. The zero-order valence-electron chi connectivity index (χ0n) is 15.8. The molecular formula is C24H21FN2O2. The van der Waals surface area contributed by atoms with E-state index >= 15 is 0 Å². The average Bonchev–Trinajstić information content (AvgIpc) is 3.25. The standard InChI is InChI=1S/C24H21FN2O2/c25-20-10-8-19(9-11-20)24-22(15-26-27-24)23(28)14-17-6-12-21(13-7-17)29-16-18-4-2-1-3-5-18/h1-13,15,23,28H,14,16H2,(H,26,27). The van der Waals surface area contributed by atoms with E-state index in [-0.39, 0.29) is 5.82 Å². The van der Waals surface area contributed by atoms with E-state index in [4.69, 9.17) is 4.74 Å². The predicted molar refractivity (Wildman–Crippen MR) is 110 cm³/mol. The third-order valence-electron chi connectivity index (χ3n) is 4.76. The van der Waals surface area contributed by atoms with Gasteiger partial charge in [0.05, 0.1) is 18.0 Å². The topological polar surface area (TPSA) is 58.1 Å². The molecule has 1 atom stereocenters. The van der Waals surface area contributed by atoms with Gasteiger partial charge in [-0.3, -0.25) is 5.10 Å². The number of aromatic nitrogens is 2. The van der Waals surface area contributed by atoms with Crippen LogP contribution in [0.15, 0.2) is 85.1 Å². The maximum absolute atomic E-state index is 13.2. The number of ether oxygens (including phenoxy) is 1. The SMILES string of the molecule is OC(Cc1ccc(OCc2ccccc2)cc1)c1cn[nH]c1-c1ccc(F)cc1. The molecule has 0 radical (unpaired) electrons. The summed E-state index contributed by atoms with van der Waals surface area (Å²) >= 11 is 0. The largest absolute Gasteiger partial charge is 0.489 e. The van der Waals surface area contributed by atoms with Crippen LogP contribution in [-0.2, 0) is 13.0 Å². The molecule has 0 spiro atoms. The van der Waals surface area contributed by atoms with E-state index in [9.17, 15) is 9.50 Å². The summed E-state index contributed by atoms with van der Waals surface area (Å²) in [5.74, 6) is 0.479. The van der Waals surface area contributed by atoms with Crippen molar-refractivity contribution in [2.75, 3.05) is 0 Å². The van der Waals surface area contributed by atoms with Gasteiger partial charge in [-0.1, -0.05) is 42.5 Å². The summed E-state index contributed by atoms with van der Waals surface area (Å²) in [6, 6.07) is 23.8. The lowest BCUT2D eigenvalue weighted by atomic mass is 9.99. The van der Waals surface area contributed by atoms with Crippen molar-refractivity contribution in [1.82, 2.24) is 10.2 Å². The molecule has 3 aromatic carbocycles. The lowest BCUT2D eigenvalue weighted by Gasteiger charge is -2.12. The Bertz CT molecular complexity index is 1040. The first-order valence-corrected chi connectivity index (χ1v) is 9.42. The summed E-state index contributed by atoms with van der Waals surface area (Å²) in [6.07, 6.45) is 1.32. The first kappa shape index (κ1) is 18.9. The number of benzene rings is 3. The second kappa shape index (κ2) is 8.71. The van der Waals surface area contributed by atoms with Gasteiger partial charge in [0, 0.05) is 17.5 Å². The molecule has 4 rings (SSSR count). The van der Waals surface area contributed by atoms with Crippen molar-refractivity contribution in [2.45, 2.75) is 19.1 Å². The number of aliphatic hydroxyl groups is 1. The number of halogens is 1. The first-order chi connectivity index (χ1) is 14.2. The van der Waals surface area contributed by atoms with Gasteiger partial charge >= 0.3 is 0 Å². The molecular weight excluding hydrogens is 367 g/mol. The second-order valence-electron chi connectivity index (χ2n) is 6.85. The lowest BCUT2D eigenvalue weighted by molar-refractivity contribution is 0.179. The molecule has 0 amide bonds. The number of aromatic amines is 1. The summed E-state index contributed by atoms with van der Waals surface area (Å²) in [5, 5.41) is 17.7. The molecule has 4 aromatic rings. The number of aliphatic hydroxyl groups excluding tert-OH is 1. The van der Waals surface area contributed by atoms with Gasteiger partial charge < -0.3 is 9.84 Å². The summed E-state index contributed by atoms with van der Waals surface area (Å²) in [7, 11) is 0. The zero-order chi connectivity index (χ0) is 20.1. The highest BCUT2D eigenvalue weighted by Crippen LogP contribution is 2.28. The van der Waals surface area contributed by atoms with Crippen LogP contribution in [0.1, 0.15) is 22.8 Å². The number of H-pyrrole nitrogens is 1. The fraction of sp³-hybridized carbons (Fsp3) is 0.125. The van der Waals surface area contributed by atoms with Crippen LogP contribution in [0, 0.1) is 5.82 Å². The Balaban J connectivity index is 1.41. The highest BCUT2D eigenvalue weighted by atomic mass is 19.1. The number of hydrogen-bond donors (Lipinski definition) is 2. The van der Waals surface area contributed by atoms with E-state index in [2.05, 4.69) is 10.2 Å². The van der Waals surface area contributed by atoms with Crippen molar-refractivity contribution < 1.29 is 14.2 Å². The van der Waals surface area contributed by atoms with Gasteiger partial charge in [-0.15, -0.1) is 0 Å². The highest BCUT2D eigenvalue weighted by Gasteiger charge is 2.16. The maximum Gasteiger partial charge on any atom is 0.123 e. The highest BCUT2D eigenvalue weighted by molar-refractivity contribution is 5.63. The van der Waals surface area contributed by atoms with Crippen molar-refractivity contribution in [1.29, 1.82) is 0 Å². The van der Waals surface area contributed by atoms with E-state index < -0.39 is 6.10 Å². The smallest absolute Gasteiger partial charge is 0.123 e. The predicted octanol–water partition coefficient (Wildman–Crippen LogP) is 5.07. The molecule has 0 aliphatic carbocycles. The summed E-state index contributed by atoms with van der Waals surface area (Å²) in [6.45, 7) is 0.513. The van der Waals surface area contributed by atoms with Crippen molar-refractivity contribution in [3.63, 3.8) is 0 Å². The van der Waals surface area contributed by atoms with Crippen LogP contribution in [0.2, 0.25) is 0 Å². The molecule has 0 saturated heterocycles. The Morgan fingerprint density at radius 1 is 0.897 bits per heavy atom. The Morgan fingerprint density at radius 2 is 1.62 bits per heavy atom. The molecule has 1 aromatic heterocycles. The zero-order valence-corrected chi connectivity index (χ0v) is 15.8. The molecule has 4 nitrogen and oxygen atoms in total. The van der Waals surface area contributed by atoms with E-state index in [0.29, 0.717) is 24.3 Å². The van der Waals surface area contributed by atoms with Crippen LogP contribution in [0.4, 0.5) is 4.39 Å². The van der Waals surface area contributed by atoms with Crippen molar-refractivity contribution in [3.8, 4) is 17.0 Å². The minimum absolute atomic E-state index is 0.301. The quantitative estimate of drug-likeness (QED) is 0.465. The van der Waals surface area contributed by atoms with Gasteiger partial charge in [-0.25, -0.2) is 4.39 Å². The fourth-order valence-electron chi connectivity index (χ4n) is 3.19. The normalized spacial score (nSPS) is 11.9. The van der Waals surface area contributed by atoms with Crippen molar-refractivity contribution in [2.24, 2.45) is 0 Å². The Morgan fingerprint density at radius 3 is 2.34 bits per heavy atom. The minimum atomic E-state index is -0.732. The Hall–Kier alpha value is -3.44. The van der Waals surface area contributed by atoms with Gasteiger partial charge in [0.15, 0.2) is 0 Å². The third-order valence-corrected chi connectivity index (χ3v) is 4.76. The van der Waals surface area contributed by atoms with Gasteiger partial charge in [0.2, 0.25) is 0 Å². The maximum atomic E-state index is 13.2. The van der Waals surface area contributed by atoms with Crippen LogP contribution in [-0.4, -0.2) is 15.3 Å². The molecule has 0 bridgehead atoms. The number of rotatable bonds is 7. The Labute approximate surface area is 168 Å². The van der Waals surface area contributed by atoms with Crippen molar-refractivity contribution in [3.05, 3.63) is 108 Å². The lowest BCUT2D eigenvalue weighted by Crippen LogP contribution is -2.03. The van der Waals surface area contributed by atoms with Crippen LogP contribution in [0.3, 0.4) is 0 Å².